The first-order chi connectivity index (χ1) is 6.36. The van der Waals surface area contributed by atoms with Crippen LogP contribution in [0.5, 0.6) is 0 Å². The van der Waals surface area contributed by atoms with Crippen molar-refractivity contribution in [1.82, 2.24) is 5.32 Å². The van der Waals surface area contributed by atoms with E-state index in [2.05, 4.69) is 5.32 Å². The van der Waals surface area contributed by atoms with Crippen molar-refractivity contribution in [3.05, 3.63) is 0 Å². The Morgan fingerprint density at radius 1 is 1.29 bits per heavy atom. The van der Waals surface area contributed by atoms with Gasteiger partial charge in [-0.1, -0.05) is 13.8 Å². The second kappa shape index (κ2) is 5.75. The average molecular weight is 201 g/mol. The Morgan fingerprint density at radius 2 is 1.86 bits per heavy atom. The maximum absolute atomic E-state index is 11.1. The number of rotatable bonds is 6. The molecule has 0 saturated carbocycles. The number of nitrogens with one attached hydrogen (secondary N) is 1. The van der Waals surface area contributed by atoms with Crippen LogP contribution in [0.2, 0.25) is 0 Å². The van der Waals surface area contributed by atoms with Gasteiger partial charge in [-0.15, -0.1) is 0 Å². The van der Waals surface area contributed by atoms with Gasteiger partial charge in [0.2, 0.25) is 5.91 Å². The lowest BCUT2D eigenvalue weighted by Gasteiger charge is -2.20. The van der Waals surface area contributed by atoms with Gasteiger partial charge in [-0.2, -0.15) is 0 Å². The average Bonchev–Trinajstić information content (AvgIpc) is 2.02. The third-order valence-electron chi connectivity index (χ3n) is 2.04. The number of ketones is 1. The molecule has 0 rings (SSSR count). The van der Waals surface area contributed by atoms with Crippen LogP contribution in [0.4, 0.5) is 0 Å². The second-order valence-corrected chi connectivity index (χ2v) is 3.98. The van der Waals surface area contributed by atoms with Crippen LogP contribution in [0.1, 0.15) is 27.7 Å². The third-order valence-corrected chi connectivity index (χ3v) is 2.04. The lowest BCUT2D eigenvalue weighted by Crippen LogP contribution is -2.30. The van der Waals surface area contributed by atoms with Crippen LogP contribution in [0.15, 0.2) is 0 Å². The van der Waals surface area contributed by atoms with E-state index < -0.39 is 5.41 Å². The van der Waals surface area contributed by atoms with Gasteiger partial charge in [0.15, 0.2) is 0 Å². The number of carbonyl (C=O) groups excluding carboxylic acids is 2. The molecule has 0 atom stereocenters. The molecule has 14 heavy (non-hydrogen) atoms. The molecule has 0 unspecified atom stereocenters. The number of amides is 1. The van der Waals surface area contributed by atoms with E-state index in [9.17, 15) is 9.59 Å². The number of hydrogen-bond acceptors (Lipinski definition) is 3. The molecule has 0 bridgehead atoms. The van der Waals surface area contributed by atoms with Gasteiger partial charge in [-0.3, -0.25) is 9.59 Å². The second-order valence-electron chi connectivity index (χ2n) is 3.98. The van der Waals surface area contributed by atoms with E-state index in [-0.39, 0.29) is 11.7 Å². The van der Waals surface area contributed by atoms with Crippen LogP contribution in [-0.4, -0.2) is 31.4 Å². The van der Waals surface area contributed by atoms with E-state index in [0.29, 0.717) is 19.8 Å². The SMILES string of the molecule is CC(=O)NCCOCC(C)(C)C(C)=O. The van der Waals surface area contributed by atoms with Crippen LogP contribution in [0.25, 0.3) is 0 Å². The largest absolute Gasteiger partial charge is 0.379 e. The monoisotopic (exact) mass is 201 g/mol. The van der Waals surface area contributed by atoms with Crippen molar-refractivity contribution in [3.8, 4) is 0 Å². The predicted octanol–water partition coefficient (Wildman–Crippen LogP) is 0.754. The van der Waals surface area contributed by atoms with Crippen molar-refractivity contribution in [2.75, 3.05) is 19.8 Å². The summed E-state index contributed by atoms with van der Waals surface area (Å²) < 4.78 is 5.27. The Bertz CT molecular complexity index is 211. The van der Waals surface area contributed by atoms with Gasteiger partial charge in [0.05, 0.1) is 13.2 Å². The molecular weight excluding hydrogens is 182 g/mol. The van der Waals surface area contributed by atoms with Gasteiger partial charge >= 0.3 is 0 Å². The highest BCUT2D eigenvalue weighted by molar-refractivity contribution is 5.81. The number of Topliss-reactive ketones (excluding diaryl/α,β-unsaturated/α-hetero) is 1. The first-order valence-electron chi connectivity index (χ1n) is 4.69. The summed E-state index contributed by atoms with van der Waals surface area (Å²) in [6.07, 6.45) is 0. The fraction of sp³-hybridized carbons (Fsp3) is 0.800. The predicted molar refractivity (Wildman–Crippen MR) is 54.0 cm³/mol. The molecule has 0 heterocycles. The summed E-state index contributed by atoms with van der Waals surface area (Å²) in [5.41, 5.74) is -0.434. The van der Waals surface area contributed by atoms with Gasteiger partial charge in [0.1, 0.15) is 5.78 Å². The van der Waals surface area contributed by atoms with Gasteiger partial charge in [0, 0.05) is 18.9 Å². The zero-order valence-electron chi connectivity index (χ0n) is 9.35. The molecule has 0 aliphatic carbocycles. The van der Waals surface area contributed by atoms with Crippen LogP contribution in [-0.2, 0) is 14.3 Å². The molecule has 0 spiro atoms. The zero-order chi connectivity index (χ0) is 11.2. The highest BCUT2D eigenvalue weighted by atomic mass is 16.5. The van der Waals surface area contributed by atoms with E-state index in [1.165, 1.54) is 6.92 Å². The molecule has 0 aromatic heterocycles. The Balaban J connectivity index is 3.54. The summed E-state index contributed by atoms with van der Waals surface area (Å²) >= 11 is 0. The van der Waals surface area contributed by atoms with Crippen LogP contribution >= 0.6 is 0 Å². The van der Waals surface area contributed by atoms with Crippen molar-refractivity contribution in [2.45, 2.75) is 27.7 Å². The van der Waals surface area contributed by atoms with E-state index in [1.807, 2.05) is 13.8 Å². The fourth-order valence-electron chi connectivity index (χ4n) is 0.728. The normalized spacial score (nSPS) is 11.1. The summed E-state index contributed by atoms with van der Waals surface area (Å²) in [6.45, 7) is 8.01. The first kappa shape index (κ1) is 13.1. The quantitative estimate of drug-likeness (QED) is 0.645. The standard InChI is InChI=1S/C10H19NO3/c1-8(12)10(3,4)7-14-6-5-11-9(2)13/h5-7H2,1-4H3,(H,11,13). The Morgan fingerprint density at radius 3 is 2.29 bits per heavy atom. The molecule has 1 amide bonds. The molecule has 0 radical (unpaired) electrons. The van der Waals surface area contributed by atoms with E-state index in [1.54, 1.807) is 6.92 Å². The van der Waals surface area contributed by atoms with E-state index in [0.717, 1.165) is 0 Å². The van der Waals surface area contributed by atoms with Crippen molar-refractivity contribution in [1.29, 1.82) is 0 Å². The molecule has 0 aromatic carbocycles. The van der Waals surface area contributed by atoms with E-state index >= 15 is 0 Å². The van der Waals surface area contributed by atoms with Gasteiger partial charge in [0.25, 0.3) is 0 Å². The lowest BCUT2D eigenvalue weighted by molar-refractivity contribution is -0.128. The minimum atomic E-state index is -0.434. The van der Waals surface area contributed by atoms with Gasteiger partial charge in [-0.05, 0) is 6.92 Å². The topological polar surface area (TPSA) is 55.4 Å². The Hall–Kier alpha value is -0.900. The molecule has 82 valence electrons. The summed E-state index contributed by atoms with van der Waals surface area (Å²) in [5, 5.41) is 2.61. The summed E-state index contributed by atoms with van der Waals surface area (Å²) in [4.78, 5) is 21.6. The Labute approximate surface area is 85.0 Å². The van der Waals surface area contributed by atoms with Crippen LogP contribution in [0.3, 0.4) is 0 Å². The molecular formula is C10H19NO3. The van der Waals surface area contributed by atoms with Crippen LogP contribution < -0.4 is 5.32 Å². The molecule has 0 saturated heterocycles. The fourth-order valence-corrected chi connectivity index (χ4v) is 0.728. The maximum Gasteiger partial charge on any atom is 0.216 e. The number of hydrogen-bond donors (Lipinski definition) is 1. The summed E-state index contributed by atoms with van der Waals surface area (Å²) in [7, 11) is 0. The van der Waals surface area contributed by atoms with Crippen molar-refractivity contribution >= 4 is 11.7 Å². The van der Waals surface area contributed by atoms with Crippen molar-refractivity contribution in [2.24, 2.45) is 5.41 Å². The smallest absolute Gasteiger partial charge is 0.216 e. The molecule has 4 nitrogen and oxygen atoms in total. The van der Waals surface area contributed by atoms with Gasteiger partial charge in [-0.25, -0.2) is 0 Å². The summed E-state index contributed by atoms with van der Waals surface area (Å²) in [6, 6.07) is 0. The van der Waals surface area contributed by atoms with Gasteiger partial charge < -0.3 is 10.1 Å². The lowest BCUT2D eigenvalue weighted by atomic mass is 9.90. The minimum absolute atomic E-state index is 0.0700. The molecule has 1 N–H and O–H groups in total. The zero-order valence-corrected chi connectivity index (χ0v) is 9.35. The van der Waals surface area contributed by atoms with E-state index in [4.69, 9.17) is 4.74 Å². The maximum atomic E-state index is 11.1. The number of carbonyl (C=O) groups is 2. The molecule has 0 aromatic rings. The van der Waals surface area contributed by atoms with Crippen molar-refractivity contribution in [3.63, 3.8) is 0 Å². The molecule has 4 heteroatoms. The Kier molecular flexibility index (Phi) is 5.38. The van der Waals surface area contributed by atoms with Crippen molar-refractivity contribution < 1.29 is 14.3 Å². The minimum Gasteiger partial charge on any atom is -0.379 e. The summed E-state index contributed by atoms with van der Waals surface area (Å²) in [5.74, 6) is 0.0384. The highest BCUT2D eigenvalue weighted by Gasteiger charge is 2.23. The third kappa shape index (κ3) is 5.70. The molecule has 0 aliphatic heterocycles. The first-order valence-corrected chi connectivity index (χ1v) is 4.69. The number of ether oxygens (including phenoxy) is 1. The van der Waals surface area contributed by atoms with Crippen LogP contribution in [0, 0.1) is 5.41 Å². The molecule has 0 fully saturated rings. The highest BCUT2D eigenvalue weighted by Crippen LogP contribution is 2.15. The molecule has 0 aliphatic rings.